The molecule has 0 radical (unpaired) electrons. The number of aliphatic hydroxyl groups excluding tert-OH is 1. The summed E-state index contributed by atoms with van der Waals surface area (Å²) in [6.07, 6.45) is -3.05. The molecule has 106 valence electrons. The number of rotatable bonds is 3. The molecule has 0 bridgehead atoms. The van der Waals surface area contributed by atoms with E-state index in [0.717, 1.165) is 0 Å². The van der Waals surface area contributed by atoms with E-state index in [1.54, 1.807) is 0 Å². The highest BCUT2D eigenvalue weighted by Crippen LogP contribution is 2.37. The van der Waals surface area contributed by atoms with Gasteiger partial charge in [0.25, 0.3) is 0 Å². The Morgan fingerprint density at radius 2 is 2.11 bits per heavy atom. The Kier molecular flexibility index (Phi) is 5.25. The van der Waals surface area contributed by atoms with Gasteiger partial charge < -0.3 is 15.3 Å². The van der Waals surface area contributed by atoms with Crippen LogP contribution in [0.15, 0.2) is 0 Å². The number of urea groups is 1. The summed E-state index contributed by atoms with van der Waals surface area (Å²) in [7, 11) is 1.50. The van der Waals surface area contributed by atoms with E-state index in [-0.39, 0.29) is 26.0 Å². The molecule has 2 unspecified atom stereocenters. The maximum Gasteiger partial charge on any atom is 0.391 e. The second kappa shape index (κ2) is 6.26. The molecule has 18 heavy (non-hydrogen) atoms. The van der Waals surface area contributed by atoms with Crippen LogP contribution in [-0.4, -0.2) is 48.5 Å². The molecule has 0 heterocycles. The predicted molar refractivity (Wildman–Crippen MR) is 60.0 cm³/mol. The van der Waals surface area contributed by atoms with Gasteiger partial charge in [0, 0.05) is 19.6 Å². The van der Waals surface area contributed by atoms with Crippen molar-refractivity contribution in [2.45, 2.75) is 37.9 Å². The van der Waals surface area contributed by atoms with E-state index in [4.69, 9.17) is 5.11 Å². The minimum atomic E-state index is -4.18. The first-order chi connectivity index (χ1) is 8.34. The van der Waals surface area contributed by atoms with E-state index >= 15 is 0 Å². The third-order valence-electron chi connectivity index (χ3n) is 3.25. The van der Waals surface area contributed by atoms with Crippen LogP contribution >= 0.6 is 0 Å². The summed E-state index contributed by atoms with van der Waals surface area (Å²) < 4.78 is 37.7. The van der Waals surface area contributed by atoms with Gasteiger partial charge in [-0.2, -0.15) is 13.2 Å². The van der Waals surface area contributed by atoms with Crippen LogP contribution in [-0.2, 0) is 0 Å². The topological polar surface area (TPSA) is 52.6 Å². The molecule has 0 spiro atoms. The van der Waals surface area contributed by atoms with Gasteiger partial charge in [-0.15, -0.1) is 0 Å². The number of amides is 2. The molecule has 0 aromatic heterocycles. The Hall–Kier alpha value is -0.980. The van der Waals surface area contributed by atoms with Crippen LogP contribution in [0.3, 0.4) is 0 Å². The predicted octanol–water partition coefficient (Wildman–Crippen LogP) is 1.74. The minimum Gasteiger partial charge on any atom is -0.395 e. The molecule has 1 rings (SSSR count). The van der Waals surface area contributed by atoms with Gasteiger partial charge in [-0.1, -0.05) is 6.42 Å². The molecule has 2 N–H and O–H groups in total. The van der Waals surface area contributed by atoms with Crippen molar-refractivity contribution in [2.75, 3.05) is 20.2 Å². The van der Waals surface area contributed by atoms with Crippen LogP contribution in [0.1, 0.15) is 25.7 Å². The van der Waals surface area contributed by atoms with Crippen LogP contribution < -0.4 is 5.32 Å². The Balaban J connectivity index is 2.45. The molecule has 0 aliphatic heterocycles. The Morgan fingerprint density at radius 3 is 2.67 bits per heavy atom. The van der Waals surface area contributed by atoms with E-state index in [1.165, 1.54) is 11.9 Å². The van der Waals surface area contributed by atoms with E-state index < -0.39 is 24.2 Å². The van der Waals surface area contributed by atoms with Crippen molar-refractivity contribution in [1.82, 2.24) is 10.2 Å². The van der Waals surface area contributed by atoms with Crippen molar-refractivity contribution in [1.29, 1.82) is 0 Å². The number of nitrogens with zero attached hydrogens (tertiary/aromatic N) is 1. The summed E-state index contributed by atoms with van der Waals surface area (Å²) in [5.74, 6) is -1.32. The number of carbonyl (C=O) groups excluding carboxylic acids is 1. The molecular formula is C11H19F3N2O2. The zero-order valence-corrected chi connectivity index (χ0v) is 10.3. The second-order valence-corrected chi connectivity index (χ2v) is 4.70. The van der Waals surface area contributed by atoms with E-state index in [9.17, 15) is 18.0 Å². The number of hydrogen-bond acceptors (Lipinski definition) is 2. The van der Waals surface area contributed by atoms with E-state index in [1.807, 2.05) is 0 Å². The average Bonchev–Trinajstić information content (AvgIpc) is 2.28. The van der Waals surface area contributed by atoms with Crippen LogP contribution in [0.5, 0.6) is 0 Å². The van der Waals surface area contributed by atoms with Crippen molar-refractivity contribution in [3.8, 4) is 0 Å². The van der Waals surface area contributed by atoms with E-state index in [0.29, 0.717) is 12.8 Å². The monoisotopic (exact) mass is 268 g/mol. The van der Waals surface area contributed by atoms with Crippen LogP contribution in [0.2, 0.25) is 0 Å². The number of aliphatic hydroxyl groups is 1. The number of likely N-dealkylation sites (N-methyl/N-ethyl adjacent to an activating group) is 1. The summed E-state index contributed by atoms with van der Waals surface area (Å²) in [6, 6.07) is -0.865. The lowest BCUT2D eigenvalue weighted by atomic mass is 9.85. The maximum atomic E-state index is 12.6. The average molecular weight is 268 g/mol. The molecule has 2 amide bonds. The lowest BCUT2D eigenvalue weighted by Crippen LogP contribution is -2.47. The quantitative estimate of drug-likeness (QED) is 0.819. The summed E-state index contributed by atoms with van der Waals surface area (Å²) in [5, 5.41) is 11.3. The highest BCUT2D eigenvalue weighted by molar-refractivity contribution is 5.74. The first-order valence-corrected chi connectivity index (χ1v) is 6.03. The van der Waals surface area contributed by atoms with Gasteiger partial charge >= 0.3 is 12.2 Å². The molecule has 4 nitrogen and oxygen atoms in total. The number of hydrogen-bond donors (Lipinski definition) is 2. The zero-order chi connectivity index (χ0) is 13.8. The SMILES string of the molecule is CN(CCO)C(=O)NC1CCCC(C(F)(F)F)C1. The number of carbonyl (C=O) groups is 1. The third-order valence-corrected chi connectivity index (χ3v) is 3.25. The van der Waals surface area contributed by atoms with Gasteiger partial charge in [0.2, 0.25) is 0 Å². The highest BCUT2D eigenvalue weighted by Gasteiger charge is 2.42. The highest BCUT2D eigenvalue weighted by atomic mass is 19.4. The fraction of sp³-hybridized carbons (Fsp3) is 0.909. The maximum absolute atomic E-state index is 12.6. The summed E-state index contributed by atoms with van der Waals surface area (Å²) in [5.41, 5.74) is 0. The number of nitrogens with one attached hydrogen (secondary N) is 1. The molecule has 0 aromatic carbocycles. The third kappa shape index (κ3) is 4.36. The Morgan fingerprint density at radius 1 is 1.44 bits per heavy atom. The van der Waals surface area contributed by atoms with Crippen molar-refractivity contribution >= 4 is 6.03 Å². The summed E-state index contributed by atoms with van der Waals surface area (Å²) in [6.45, 7) is 0.00101. The molecule has 1 saturated carbocycles. The molecule has 0 saturated heterocycles. The first kappa shape index (κ1) is 15.1. The lowest BCUT2D eigenvalue weighted by Gasteiger charge is -2.32. The smallest absolute Gasteiger partial charge is 0.391 e. The summed E-state index contributed by atoms with van der Waals surface area (Å²) >= 11 is 0. The normalized spacial score (nSPS) is 24.7. The Labute approximate surface area is 104 Å². The largest absolute Gasteiger partial charge is 0.395 e. The van der Waals surface area contributed by atoms with Crippen molar-refractivity contribution in [3.05, 3.63) is 0 Å². The minimum absolute atomic E-state index is 0.0534. The van der Waals surface area contributed by atoms with Crippen molar-refractivity contribution in [3.63, 3.8) is 0 Å². The van der Waals surface area contributed by atoms with Crippen LogP contribution in [0.25, 0.3) is 0 Å². The molecule has 7 heteroatoms. The van der Waals surface area contributed by atoms with Gasteiger partial charge in [-0.05, 0) is 19.3 Å². The second-order valence-electron chi connectivity index (χ2n) is 4.70. The van der Waals surface area contributed by atoms with Gasteiger partial charge in [-0.3, -0.25) is 0 Å². The van der Waals surface area contributed by atoms with Crippen molar-refractivity contribution < 1.29 is 23.1 Å². The van der Waals surface area contributed by atoms with Crippen LogP contribution in [0, 0.1) is 5.92 Å². The number of halogens is 3. The molecular weight excluding hydrogens is 249 g/mol. The van der Waals surface area contributed by atoms with Gasteiger partial charge in [0.05, 0.1) is 12.5 Å². The Bertz CT molecular complexity index is 284. The molecule has 2 atom stereocenters. The van der Waals surface area contributed by atoms with Gasteiger partial charge in [-0.25, -0.2) is 4.79 Å². The van der Waals surface area contributed by atoms with Crippen molar-refractivity contribution in [2.24, 2.45) is 5.92 Å². The molecule has 1 fully saturated rings. The van der Waals surface area contributed by atoms with Gasteiger partial charge in [0.1, 0.15) is 0 Å². The standard InChI is InChI=1S/C11H19F3N2O2/c1-16(5-6-17)10(18)15-9-4-2-3-8(7-9)11(12,13)14/h8-9,17H,2-7H2,1H3,(H,15,18). The summed E-state index contributed by atoms with van der Waals surface area (Å²) in [4.78, 5) is 12.8. The molecule has 1 aliphatic carbocycles. The fourth-order valence-corrected chi connectivity index (χ4v) is 2.15. The lowest BCUT2D eigenvalue weighted by molar-refractivity contribution is -0.183. The first-order valence-electron chi connectivity index (χ1n) is 6.03. The molecule has 0 aromatic rings. The zero-order valence-electron chi connectivity index (χ0n) is 10.3. The fourth-order valence-electron chi connectivity index (χ4n) is 2.15. The van der Waals surface area contributed by atoms with Gasteiger partial charge in [0.15, 0.2) is 0 Å². The van der Waals surface area contributed by atoms with Crippen LogP contribution in [0.4, 0.5) is 18.0 Å². The molecule has 1 aliphatic rings. The number of alkyl halides is 3. The van der Waals surface area contributed by atoms with E-state index in [2.05, 4.69) is 5.32 Å².